The van der Waals surface area contributed by atoms with E-state index in [2.05, 4.69) is 42.0 Å². The summed E-state index contributed by atoms with van der Waals surface area (Å²) in [4.78, 5) is 0. The molecule has 21 heavy (non-hydrogen) atoms. The van der Waals surface area contributed by atoms with Crippen LogP contribution in [0.5, 0.6) is 5.75 Å². The Labute approximate surface area is 132 Å². The van der Waals surface area contributed by atoms with Crippen molar-refractivity contribution >= 4 is 15.9 Å². The highest BCUT2D eigenvalue weighted by molar-refractivity contribution is 9.10. The van der Waals surface area contributed by atoms with Crippen molar-refractivity contribution in [3.8, 4) is 5.75 Å². The van der Waals surface area contributed by atoms with E-state index in [0.29, 0.717) is 10.2 Å². The van der Waals surface area contributed by atoms with E-state index in [9.17, 15) is 4.39 Å². The first-order chi connectivity index (χ1) is 9.83. The minimum Gasteiger partial charge on any atom is -0.483 e. The molecule has 0 spiro atoms. The van der Waals surface area contributed by atoms with Crippen molar-refractivity contribution in [1.29, 1.82) is 0 Å². The van der Waals surface area contributed by atoms with Gasteiger partial charge >= 0.3 is 0 Å². The molecule has 0 bridgehead atoms. The van der Waals surface area contributed by atoms with Crippen molar-refractivity contribution in [2.75, 3.05) is 0 Å². The summed E-state index contributed by atoms with van der Waals surface area (Å²) >= 11 is 3.21. The van der Waals surface area contributed by atoms with Crippen LogP contribution in [0.3, 0.4) is 0 Å². The van der Waals surface area contributed by atoms with Gasteiger partial charge in [0.1, 0.15) is 12.4 Å². The summed E-state index contributed by atoms with van der Waals surface area (Å²) in [5.41, 5.74) is 1.09. The van der Waals surface area contributed by atoms with Gasteiger partial charge in [0.2, 0.25) is 0 Å². The standard InChI is InChI=1S/C16H19BrFNO2/c1-16(2,3)19-8-11-6-13(20-9-11)10-21-15-5-4-12(17)7-14(15)18/h4-7,9,19H,8,10H2,1-3H3. The van der Waals surface area contributed by atoms with Crippen molar-refractivity contribution in [2.24, 2.45) is 0 Å². The second-order valence-corrected chi connectivity index (χ2v) is 6.80. The van der Waals surface area contributed by atoms with Crippen LogP contribution >= 0.6 is 15.9 Å². The molecule has 1 aromatic heterocycles. The van der Waals surface area contributed by atoms with Crippen LogP contribution < -0.4 is 10.1 Å². The van der Waals surface area contributed by atoms with E-state index in [1.807, 2.05) is 6.07 Å². The molecule has 0 fully saturated rings. The predicted octanol–water partition coefficient (Wildman–Crippen LogP) is 4.65. The number of nitrogens with one attached hydrogen (secondary N) is 1. The van der Waals surface area contributed by atoms with Gasteiger partial charge in [0.05, 0.1) is 6.26 Å². The number of benzene rings is 1. The van der Waals surface area contributed by atoms with Crippen molar-refractivity contribution in [1.82, 2.24) is 5.32 Å². The maximum atomic E-state index is 13.6. The van der Waals surface area contributed by atoms with Crippen LogP contribution in [-0.2, 0) is 13.2 Å². The molecule has 0 amide bonds. The minimum absolute atomic E-state index is 0.0501. The average Bonchev–Trinajstić information content (AvgIpc) is 2.82. The van der Waals surface area contributed by atoms with Crippen LogP contribution in [0.25, 0.3) is 0 Å². The topological polar surface area (TPSA) is 34.4 Å². The van der Waals surface area contributed by atoms with Gasteiger partial charge in [0, 0.05) is 22.1 Å². The van der Waals surface area contributed by atoms with E-state index in [1.54, 1.807) is 18.4 Å². The van der Waals surface area contributed by atoms with Crippen molar-refractivity contribution in [3.63, 3.8) is 0 Å². The lowest BCUT2D eigenvalue weighted by Crippen LogP contribution is -2.34. The first kappa shape index (κ1) is 16.0. The average molecular weight is 356 g/mol. The Hall–Kier alpha value is -1.33. The van der Waals surface area contributed by atoms with Crippen molar-refractivity contribution in [3.05, 3.63) is 52.1 Å². The summed E-state index contributed by atoms with van der Waals surface area (Å²) in [6.45, 7) is 7.24. The minimum atomic E-state index is -0.398. The predicted molar refractivity (Wildman–Crippen MR) is 83.7 cm³/mol. The van der Waals surface area contributed by atoms with E-state index >= 15 is 0 Å². The first-order valence-electron chi connectivity index (χ1n) is 6.73. The van der Waals surface area contributed by atoms with E-state index in [-0.39, 0.29) is 17.9 Å². The van der Waals surface area contributed by atoms with Crippen LogP contribution in [0.2, 0.25) is 0 Å². The maximum absolute atomic E-state index is 13.6. The number of ether oxygens (including phenoxy) is 1. The zero-order valence-corrected chi connectivity index (χ0v) is 14.0. The molecule has 1 N–H and O–H groups in total. The van der Waals surface area contributed by atoms with E-state index < -0.39 is 5.82 Å². The van der Waals surface area contributed by atoms with Crippen molar-refractivity contribution < 1.29 is 13.5 Å². The van der Waals surface area contributed by atoms with E-state index in [1.165, 1.54) is 6.07 Å². The van der Waals surface area contributed by atoms with Crippen LogP contribution in [-0.4, -0.2) is 5.54 Å². The highest BCUT2D eigenvalue weighted by Crippen LogP contribution is 2.22. The normalized spacial score (nSPS) is 11.7. The molecule has 1 aromatic carbocycles. The third-order valence-electron chi connectivity index (χ3n) is 2.79. The molecule has 0 saturated carbocycles. The highest BCUT2D eigenvalue weighted by atomic mass is 79.9. The van der Waals surface area contributed by atoms with Crippen LogP contribution in [0.15, 0.2) is 39.4 Å². The van der Waals surface area contributed by atoms with Gasteiger partial charge < -0.3 is 14.5 Å². The lowest BCUT2D eigenvalue weighted by Gasteiger charge is -2.19. The summed E-state index contributed by atoms with van der Waals surface area (Å²) in [5.74, 6) is 0.484. The van der Waals surface area contributed by atoms with Gasteiger partial charge in [-0.05, 0) is 45.0 Å². The summed E-state index contributed by atoms with van der Waals surface area (Å²) in [5, 5.41) is 3.37. The molecule has 0 aliphatic carbocycles. The fraction of sp³-hybridized carbons (Fsp3) is 0.375. The number of halogens is 2. The van der Waals surface area contributed by atoms with Gasteiger partial charge in [0.25, 0.3) is 0 Å². The molecule has 0 aliphatic rings. The van der Waals surface area contributed by atoms with Gasteiger partial charge in [0.15, 0.2) is 11.6 Å². The molecule has 5 heteroatoms. The quantitative estimate of drug-likeness (QED) is 0.847. The Morgan fingerprint density at radius 2 is 2.05 bits per heavy atom. The molecule has 0 unspecified atom stereocenters. The summed E-state index contributed by atoms with van der Waals surface area (Å²) < 4.78 is 25.1. The zero-order chi connectivity index (χ0) is 15.5. The highest BCUT2D eigenvalue weighted by Gasteiger charge is 2.11. The summed E-state index contributed by atoms with van der Waals surface area (Å²) in [6, 6.07) is 6.61. The SMILES string of the molecule is CC(C)(C)NCc1coc(COc2ccc(Br)cc2F)c1. The largest absolute Gasteiger partial charge is 0.483 e. The van der Waals surface area contributed by atoms with Crippen LogP contribution in [0, 0.1) is 5.82 Å². The van der Waals surface area contributed by atoms with Crippen LogP contribution in [0.1, 0.15) is 32.1 Å². The molecule has 2 aromatic rings. The third-order valence-corrected chi connectivity index (χ3v) is 3.29. The number of hydrogen-bond acceptors (Lipinski definition) is 3. The fourth-order valence-corrected chi connectivity index (χ4v) is 2.04. The number of hydrogen-bond donors (Lipinski definition) is 1. The molecule has 0 aliphatic heterocycles. The Balaban J connectivity index is 1.90. The molecule has 3 nitrogen and oxygen atoms in total. The third kappa shape index (κ3) is 5.17. The van der Waals surface area contributed by atoms with E-state index in [0.717, 1.165) is 12.1 Å². The zero-order valence-electron chi connectivity index (χ0n) is 12.4. The Morgan fingerprint density at radius 1 is 1.29 bits per heavy atom. The summed E-state index contributed by atoms with van der Waals surface area (Å²) in [7, 11) is 0. The fourth-order valence-electron chi connectivity index (χ4n) is 1.70. The van der Waals surface area contributed by atoms with Gasteiger partial charge in [-0.15, -0.1) is 0 Å². The summed E-state index contributed by atoms with van der Waals surface area (Å²) in [6.07, 6.45) is 1.69. The van der Waals surface area contributed by atoms with Gasteiger partial charge in [-0.25, -0.2) is 4.39 Å². The molecule has 114 valence electrons. The molecule has 0 radical (unpaired) electrons. The number of furan rings is 1. The second kappa shape index (κ2) is 6.62. The number of rotatable bonds is 5. The molecule has 2 rings (SSSR count). The smallest absolute Gasteiger partial charge is 0.166 e. The first-order valence-corrected chi connectivity index (χ1v) is 7.52. The molecule has 0 atom stereocenters. The molecule has 1 heterocycles. The monoisotopic (exact) mass is 355 g/mol. The molecular weight excluding hydrogens is 337 g/mol. The van der Waals surface area contributed by atoms with Gasteiger partial charge in [-0.1, -0.05) is 15.9 Å². The molecule has 0 saturated heterocycles. The molecular formula is C16H19BrFNO2. The Kier molecular flexibility index (Phi) is 5.06. The second-order valence-electron chi connectivity index (χ2n) is 5.89. The van der Waals surface area contributed by atoms with Crippen molar-refractivity contribution in [2.45, 2.75) is 39.5 Å². The van der Waals surface area contributed by atoms with E-state index in [4.69, 9.17) is 9.15 Å². The Morgan fingerprint density at radius 3 is 2.71 bits per heavy atom. The Bertz CT molecular complexity index is 605. The van der Waals surface area contributed by atoms with Gasteiger partial charge in [-0.3, -0.25) is 0 Å². The van der Waals surface area contributed by atoms with Gasteiger partial charge in [-0.2, -0.15) is 0 Å². The lowest BCUT2D eigenvalue weighted by molar-refractivity contribution is 0.258. The lowest BCUT2D eigenvalue weighted by atomic mass is 10.1. The van der Waals surface area contributed by atoms with Crippen LogP contribution in [0.4, 0.5) is 4.39 Å². The maximum Gasteiger partial charge on any atom is 0.166 e.